The summed E-state index contributed by atoms with van der Waals surface area (Å²) >= 11 is 8.59. The van der Waals surface area contributed by atoms with E-state index in [2.05, 4.69) is 32.7 Å². The Hall–Kier alpha value is -0.200. The summed E-state index contributed by atoms with van der Waals surface area (Å²) in [5, 5.41) is -9.57. The van der Waals surface area contributed by atoms with Crippen molar-refractivity contribution >= 4 is 23.2 Å². The van der Waals surface area contributed by atoms with Crippen molar-refractivity contribution in [1.82, 2.24) is 0 Å². The van der Waals surface area contributed by atoms with E-state index in [0.717, 1.165) is 0 Å². The van der Waals surface area contributed by atoms with Crippen LogP contribution in [-0.4, -0.2) is 34.7 Å². The lowest BCUT2D eigenvalue weighted by molar-refractivity contribution is -0.461. The Morgan fingerprint density at radius 3 is 1.25 bits per heavy atom. The van der Waals surface area contributed by atoms with Crippen molar-refractivity contribution in [3.8, 4) is 0 Å². The molecule has 20 heavy (non-hydrogen) atoms. The predicted octanol–water partition coefficient (Wildman–Crippen LogP) is 4.21. The Labute approximate surface area is 112 Å². The molecule has 0 N–H and O–H groups in total. The molecular formula is C6Cl2F10O2. The third kappa shape index (κ3) is 2.20. The second-order valence-electron chi connectivity index (χ2n) is 3.42. The van der Waals surface area contributed by atoms with Crippen molar-refractivity contribution in [3.05, 3.63) is 0 Å². The molecule has 0 spiro atoms. The fourth-order valence-electron chi connectivity index (χ4n) is 0.963. The van der Waals surface area contributed by atoms with Gasteiger partial charge in [-0.1, -0.05) is 0 Å². The number of ether oxygens (including phenoxy) is 2. The van der Waals surface area contributed by atoms with Gasteiger partial charge in [0.05, 0.1) is 0 Å². The van der Waals surface area contributed by atoms with Gasteiger partial charge in [0.2, 0.25) is 0 Å². The van der Waals surface area contributed by atoms with Crippen LogP contribution in [-0.2, 0) is 9.47 Å². The average molecular weight is 365 g/mol. The van der Waals surface area contributed by atoms with Crippen LogP contribution in [0.2, 0.25) is 0 Å². The Kier molecular flexibility index (Phi) is 3.72. The highest BCUT2D eigenvalue weighted by molar-refractivity contribution is 6.32. The van der Waals surface area contributed by atoms with E-state index < -0.39 is 34.7 Å². The van der Waals surface area contributed by atoms with Crippen LogP contribution < -0.4 is 0 Å². The molecule has 1 fully saturated rings. The van der Waals surface area contributed by atoms with E-state index in [0.29, 0.717) is 0 Å². The van der Waals surface area contributed by atoms with Crippen LogP contribution in [0.5, 0.6) is 0 Å². The van der Waals surface area contributed by atoms with Gasteiger partial charge in [-0.15, -0.1) is 0 Å². The van der Waals surface area contributed by atoms with E-state index in [9.17, 15) is 43.9 Å². The van der Waals surface area contributed by atoms with Gasteiger partial charge in [0.25, 0.3) is 0 Å². The number of halogens is 12. The highest BCUT2D eigenvalue weighted by Gasteiger charge is 2.88. The van der Waals surface area contributed by atoms with Crippen molar-refractivity contribution in [2.45, 2.75) is 34.7 Å². The van der Waals surface area contributed by atoms with Crippen molar-refractivity contribution in [2.75, 3.05) is 0 Å². The highest BCUT2D eigenvalue weighted by Crippen LogP contribution is 2.61. The first kappa shape index (κ1) is 17.9. The molecule has 2 nitrogen and oxygen atoms in total. The summed E-state index contributed by atoms with van der Waals surface area (Å²) in [6, 6.07) is -5.92. The Morgan fingerprint density at radius 2 is 1.00 bits per heavy atom. The van der Waals surface area contributed by atoms with Crippen molar-refractivity contribution < 1.29 is 53.4 Å². The van der Waals surface area contributed by atoms with Gasteiger partial charge < -0.3 is 0 Å². The smallest absolute Gasteiger partial charge is 0.262 e. The molecule has 0 saturated carbocycles. The summed E-state index contributed by atoms with van der Waals surface area (Å²) in [7, 11) is 0. The summed E-state index contributed by atoms with van der Waals surface area (Å²) in [4.78, 5) is 0. The maximum atomic E-state index is 13.3. The lowest BCUT2D eigenvalue weighted by Crippen LogP contribution is -2.63. The minimum absolute atomic E-state index is 2.67. The molecule has 1 aliphatic rings. The van der Waals surface area contributed by atoms with Gasteiger partial charge >= 0.3 is 34.7 Å². The second kappa shape index (κ2) is 4.17. The van der Waals surface area contributed by atoms with Crippen LogP contribution in [0.1, 0.15) is 0 Å². The van der Waals surface area contributed by atoms with E-state index in [-0.39, 0.29) is 0 Å². The summed E-state index contributed by atoms with van der Waals surface area (Å²) in [5.41, 5.74) is 0. The van der Waals surface area contributed by atoms with E-state index >= 15 is 0 Å². The molecule has 0 bridgehead atoms. The largest absolute Gasteiger partial charge is 0.460 e. The van der Waals surface area contributed by atoms with Gasteiger partial charge in [0.1, 0.15) is 0 Å². The molecule has 120 valence electrons. The van der Waals surface area contributed by atoms with Crippen LogP contribution >= 0.6 is 23.2 Å². The fraction of sp³-hybridized carbons (Fsp3) is 1.00. The maximum Gasteiger partial charge on any atom is 0.460 e. The van der Waals surface area contributed by atoms with Gasteiger partial charge in [0, 0.05) is 0 Å². The third-order valence-corrected chi connectivity index (χ3v) is 2.72. The zero-order valence-corrected chi connectivity index (χ0v) is 9.86. The van der Waals surface area contributed by atoms with Gasteiger partial charge in [-0.3, -0.25) is 9.47 Å². The molecule has 0 aliphatic carbocycles. The molecule has 1 saturated heterocycles. The molecule has 1 heterocycles. The molecule has 0 aromatic carbocycles. The quantitative estimate of drug-likeness (QED) is 0.539. The zero-order valence-electron chi connectivity index (χ0n) is 8.35. The van der Waals surface area contributed by atoms with Crippen molar-refractivity contribution in [1.29, 1.82) is 0 Å². The summed E-state index contributed by atoms with van der Waals surface area (Å²) < 4.78 is 131. The van der Waals surface area contributed by atoms with Crippen LogP contribution in [0.4, 0.5) is 43.9 Å². The molecule has 2 unspecified atom stereocenters. The molecule has 0 aromatic heterocycles. The van der Waals surface area contributed by atoms with Crippen LogP contribution in [0.25, 0.3) is 0 Å². The van der Waals surface area contributed by atoms with E-state index in [4.69, 9.17) is 0 Å². The Bertz CT molecular complexity index is 389. The summed E-state index contributed by atoms with van der Waals surface area (Å²) in [5.74, 6) is -14.0. The van der Waals surface area contributed by atoms with Gasteiger partial charge in [0.15, 0.2) is 0 Å². The first-order valence-corrected chi connectivity index (χ1v) is 4.84. The molecule has 0 aromatic rings. The molecule has 1 rings (SSSR count). The predicted molar refractivity (Wildman–Crippen MR) is 41.3 cm³/mol. The minimum Gasteiger partial charge on any atom is -0.262 e. The molecule has 14 heteroatoms. The molecule has 0 amide bonds. The van der Waals surface area contributed by atoms with E-state index in [1.54, 1.807) is 0 Å². The molecule has 0 radical (unpaired) electrons. The van der Waals surface area contributed by atoms with Crippen molar-refractivity contribution in [3.63, 3.8) is 0 Å². The third-order valence-electron chi connectivity index (χ3n) is 1.98. The van der Waals surface area contributed by atoms with Crippen molar-refractivity contribution in [2.24, 2.45) is 0 Å². The molecule has 1 aliphatic heterocycles. The lowest BCUT2D eigenvalue weighted by Gasteiger charge is -2.33. The fourth-order valence-corrected chi connectivity index (χ4v) is 1.24. The Balaban J connectivity index is 3.31. The van der Waals surface area contributed by atoms with Gasteiger partial charge in [-0.25, -0.2) is 0 Å². The summed E-state index contributed by atoms with van der Waals surface area (Å²) in [6.07, 6.45) is -7.00. The van der Waals surface area contributed by atoms with Crippen LogP contribution in [0, 0.1) is 0 Å². The zero-order chi connectivity index (χ0) is 16.4. The first-order valence-electron chi connectivity index (χ1n) is 4.08. The highest BCUT2D eigenvalue weighted by atomic mass is 35.5. The number of alkyl halides is 12. The topological polar surface area (TPSA) is 18.5 Å². The van der Waals surface area contributed by atoms with Gasteiger partial charge in [-0.05, 0) is 23.2 Å². The summed E-state index contributed by atoms with van der Waals surface area (Å²) in [6.45, 7) is 0. The van der Waals surface area contributed by atoms with Gasteiger partial charge in [-0.2, -0.15) is 43.9 Å². The first-order chi connectivity index (χ1) is 8.41. The standard InChI is InChI=1S/C6Cl2F10O2/c7-3(13)4(8,14)20-6(18,19-3)2(11,12)1(9,10)5(15,16)17. The van der Waals surface area contributed by atoms with Crippen LogP contribution in [0.15, 0.2) is 0 Å². The second-order valence-corrected chi connectivity index (χ2v) is 4.39. The van der Waals surface area contributed by atoms with E-state index in [1.807, 2.05) is 0 Å². The van der Waals surface area contributed by atoms with E-state index in [1.165, 1.54) is 0 Å². The SMILES string of the molecule is FC(F)(F)C(F)(F)C(F)(F)C1(F)OC(F)(Cl)C(F)(Cl)O1. The number of hydrogen-bond acceptors (Lipinski definition) is 2. The Morgan fingerprint density at radius 1 is 0.700 bits per heavy atom. The maximum absolute atomic E-state index is 13.3. The average Bonchev–Trinajstić information content (AvgIpc) is 2.29. The monoisotopic (exact) mass is 364 g/mol. The number of hydrogen-bond donors (Lipinski definition) is 0. The minimum atomic E-state index is -7.11. The number of rotatable bonds is 2. The van der Waals surface area contributed by atoms with Crippen LogP contribution in [0.3, 0.4) is 0 Å². The lowest BCUT2D eigenvalue weighted by atomic mass is 10.1. The molecular weight excluding hydrogens is 365 g/mol. The molecule has 2 atom stereocenters. The normalized spacial score (nSPS) is 40.2.